The van der Waals surface area contributed by atoms with Crippen molar-refractivity contribution in [1.82, 2.24) is 5.43 Å². The molecule has 0 atom stereocenters. The minimum absolute atomic E-state index is 0.303. The number of nitrogens with zero attached hydrogens (tertiary/aromatic N) is 1. The Morgan fingerprint density at radius 3 is 2.77 bits per heavy atom. The van der Waals surface area contributed by atoms with Crippen molar-refractivity contribution in [2.24, 2.45) is 11.0 Å². The molecule has 0 aliphatic rings. The van der Waals surface area contributed by atoms with Crippen molar-refractivity contribution >= 4 is 12.3 Å². The maximum absolute atomic E-state index is 11.1. The van der Waals surface area contributed by atoms with E-state index < -0.39 is 6.09 Å². The van der Waals surface area contributed by atoms with Crippen molar-refractivity contribution in [2.75, 3.05) is 20.3 Å². The van der Waals surface area contributed by atoms with Gasteiger partial charge in [-0.15, -0.1) is 0 Å². The van der Waals surface area contributed by atoms with Crippen molar-refractivity contribution in [3.63, 3.8) is 0 Å². The van der Waals surface area contributed by atoms with Crippen LogP contribution in [0.2, 0.25) is 0 Å². The highest BCUT2D eigenvalue weighted by atomic mass is 16.5. The number of hydrogen-bond donors (Lipinski definition) is 1. The summed E-state index contributed by atoms with van der Waals surface area (Å²) >= 11 is 0. The second-order valence-corrected chi connectivity index (χ2v) is 5.03. The van der Waals surface area contributed by atoms with E-state index in [0.29, 0.717) is 30.6 Å². The van der Waals surface area contributed by atoms with Crippen LogP contribution in [0.1, 0.15) is 32.8 Å². The summed E-state index contributed by atoms with van der Waals surface area (Å²) in [5, 5.41) is 3.80. The van der Waals surface area contributed by atoms with Crippen molar-refractivity contribution in [3.8, 4) is 11.5 Å². The van der Waals surface area contributed by atoms with Gasteiger partial charge in [0.15, 0.2) is 11.5 Å². The molecule has 0 fully saturated rings. The molecule has 6 nitrogen and oxygen atoms in total. The van der Waals surface area contributed by atoms with E-state index in [2.05, 4.69) is 24.4 Å². The highest BCUT2D eigenvalue weighted by molar-refractivity contribution is 5.82. The lowest BCUT2D eigenvalue weighted by Crippen LogP contribution is -2.18. The molecule has 0 spiro atoms. The Morgan fingerprint density at radius 2 is 2.14 bits per heavy atom. The van der Waals surface area contributed by atoms with Gasteiger partial charge in [0, 0.05) is 0 Å². The normalized spacial score (nSPS) is 10.8. The number of hydrogen-bond acceptors (Lipinski definition) is 5. The summed E-state index contributed by atoms with van der Waals surface area (Å²) in [5.74, 6) is 1.91. The highest BCUT2D eigenvalue weighted by Gasteiger charge is 2.06. The molecule has 0 unspecified atom stereocenters. The number of benzene rings is 1. The van der Waals surface area contributed by atoms with Gasteiger partial charge in [0.1, 0.15) is 0 Å². The van der Waals surface area contributed by atoms with E-state index in [9.17, 15) is 4.79 Å². The Balaban J connectivity index is 2.63. The van der Waals surface area contributed by atoms with Crippen LogP contribution in [0.4, 0.5) is 4.79 Å². The number of methoxy groups -OCH3 is 1. The van der Waals surface area contributed by atoms with E-state index in [1.54, 1.807) is 20.1 Å². The van der Waals surface area contributed by atoms with Crippen molar-refractivity contribution in [1.29, 1.82) is 0 Å². The van der Waals surface area contributed by atoms with E-state index in [-0.39, 0.29) is 0 Å². The zero-order valence-electron chi connectivity index (χ0n) is 13.6. The smallest absolute Gasteiger partial charge is 0.427 e. The molecule has 0 saturated heterocycles. The van der Waals surface area contributed by atoms with Crippen LogP contribution in [0.15, 0.2) is 23.3 Å². The van der Waals surface area contributed by atoms with Crippen LogP contribution < -0.4 is 14.9 Å². The fourth-order valence-electron chi connectivity index (χ4n) is 1.61. The molecule has 0 heterocycles. The largest absolute Gasteiger partial charge is 0.493 e. The van der Waals surface area contributed by atoms with Gasteiger partial charge in [0.2, 0.25) is 0 Å². The van der Waals surface area contributed by atoms with Crippen LogP contribution in [0.5, 0.6) is 11.5 Å². The zero-order chi connectivity index (χ0) is 16.4. The summed E-state index contributed by atoms with van der Waals surface area (Å²) < 4.78 is 15.7. The summed E-state index contributed by atoms with van der Waals surface area (Å²) in [6, 6.07) is 5.45. The van der Waals surface area contributed by atoms with E-state index in [4.69, 9.17) is 14.2 Å². The molecule has 6 heteroatoms. The molecule has 1 amide bonds. The van der Waals surface area contributed by atoms with Gasteiger partial charge in [-0.2, -0.15) is 5.10 Å². The zero-order valence-corrected chi connectivity index (χ0v) is 13.6. The molecule has 0 aliphatic carbocycles. The van der Waals surface area contributed by atoms with E-state index >= 15 is 0 Å². The Labute approximate surface area is 131 Å². The van der Waals surface area contributed by atoms with Gasteiger partial charge in [-0.25, -0.2) is 10.2 Å². The number of rotatable bonds is 8. The van der Waals surface area contributed by atoms with Crippen LogP contribution in [-0.4, -0.2) is 32.6 Å². The summed E-state index contributed by atoms with van der Waals surface area (Å²) in [5.41, 5.74) is 3.05. The standard InChI is InChI=1S/C16H24N2O4/c1-5-21-16(19)18-17-11-13-6-7-14(15(10-13)20-4)22-9-8-12(2)3/h6-7,10-12H,5,8-9H2,1-4H3,(H,18,19)/b17-11+. The Hall–Kier alpha value is -2.24. The molecule has 1 aromatic carbocycles. The quantitative estimate of drug-likeness (QED) is 0.591. The van der Waals surface area contributed by atoms with Crippen LogP contribution >= 0.6 is 0 Å². The molecule has 0 radical (unpaired) electrons. The minimum atomic E-state index is -0.584. The molecular formula is C16H24N2O4. The molecule has 1 aromatic rings. The molecule has 1 N–H and O–H groups in total. The molecule has 0 aliphatic heterocycles. The number of nitrogens with one attached hydrogen (secondary N) is 1. The van der Waals surface area contributed by atoms with Gasteiger partial charge < -0.3 is 14.2 Å². The predicted octanol–water partition coefficient (Wildman–Crippen LogP) is 3.20. The first-order valence-corrected chi connectivity index (χ1v) is 7.33. The maximum Gasteiger partial charge on any atom is 0.427 e. The molecule has 22 heavy (non-hydrogen) atoms. The lowest BCUT2D eigenvalue weighted by Gasteiger charge is -2.12. The lowest BCUT2D eigenvalue weighted by molar-refractivity contribution is 0.152. The van der Waals surface area contributed by atoms with Gasteiger partial charge in [-0.1, -0.05) is 13.8 Å². The molecule has 122 valence electrons. The molecule has 0 saturated carbocycles. The number of hydrazone groups is 1. The second kappa shape index (κ2) is 9.65. The molecule has 0 aromatic heterocycles. The summed E-state index contributed by atoms with van der Waals surface area (Å²) in [7, 11) is 1.59. The van der Waals surface area contributed by atoms with Crippen molar-refractivity contribution < 1.29 is 19.0 Å². The van der Waals surface area contributed by atoms with Crippen LogP contribution in [0.3, 0.4) is 0 Å². The molecular weight excluding hydrogens is 284 g/mol. The van der Waals surface area contributed by atoms with E-state index in [1.807, 2.05) is 12.1 Å². The third-order valence-electron chi connectivity index (χ3n) is 2.79. The predicted molar refractivity (Wildman–Crippen MR) is 85.7 cm³/mol. The van der Waals surface area contributed by atoms with Crippen LogP contribution in [0.25, 0.3) is 0 Å². The SMILES string of the molecule is CCOC(=O)N/N=C/c1ccc(OCCC(C)C)c(OC)c1. The average molecular weight is 308 g/mol. The first-order chi connectivity index (χ1) is 10.6. The Kier molecular flexibility index (Phi) is 7.81. The Morgan fingerprint density at radius 1 is 1.36 bits per heavy atom. The summed E-state index contributed by atoms with van der Waals surface area (Å²) in [6.45, 7) is 6.98. The number of ether oxygens (including phenoxy) is 3. The van der Waals surface area contributed by atoms with Crippen LogP contribution in [0, 0.1) is 5.92 Å². The second-order valence-electron chi connectivity index (χ2n) is 5.03. The topological polar surface area (TPSA) is 69.2 Å². The number of amides is 1. The van der Waals surface area contributed by atoms with E-state index in [0.717, 1.165) is 12.0 Å². The van der Waals surface area contributed by atoms with Crippen molar-refractivity contribution in [3.05, 3.63) is 23.8 Å². The van der Waals surface area contributed by atoms with Gasteiger partial charge in [-0.3, -0.25) is 0 Å². The van der Waals surface area contributed by atoms with Crippen molar-refractivity contribution in [2.45, 2.75) is 27.2 Å². The Bertz CT molecular complexity index is 501. The highest BCUT2D eigenvalue weighted by Crippen LogP contribution is 2.27. The lowest BCUT2D eigenvalue weighted by atomic mass is 10.1. The average Bonchev–Trinajstić information content (AvgIpc) is 2.48. The number of carbonyl (C=O) groups excluding carboxylic acids is 1. The molecule has 1 rings (SSSR count). The van der Waals surface area contributed by atoms with Gasteiger partial charge in [0.25, 0.3) is 0 Å². The van der Waals surface area contributed by atoms with Gasteiger partial charge >= 0.3 is 6.09 Å². The maximum atomic E-state index is 11.1. The van der Waals surface area contributed by atoms with E-state index in [1.165, 1.54) is 6.21 Å². The van der Waals surface area contributed by atoms with Crippen LogP contribution in [-0.2, 0) is 4.74 Å². The molecule has 0 bridgehead atoms. The summed E-state index contributed by atoms with van der Waals surface area (Å²) in [6.07, 6.45) is 1.91. The fraction of sp³-hybridized carbons (Fsp3) is 0.500. The monoisotopic (exact) mass is 308 g/mol. The first kappa shape index (κ1) is 17.8. The number of carbonyl (C=O) groups is 1. The third kappa shape index (κ3) is 6.47. The van der Waals surface area contributed by atoms with Gasteiger partial charge in [-0.05, 0) is 43.0 Å². The van der Waals surface area contributed by atoms with Gasteiger partial charge in [0.05, 0.1) is 26.5 Å². The first-order valence-electron chi connectivity index (χ1n) is 7.33. The fourth-order valence-corrected chi connectivity index (χ4v) is 1.61. The third-order valence-corrected chi connectivity index (χ3v) is 2.79. The summed E-state index contributed by atoms with van der Waals surface area (Å²) in [4.78, 5) is 11.1. The minimum Gasteiger partial charge on any atom is -0.493 e.